The van der Waals surface area contributed by atoms with Crippen molar-refractivity contribution in [3.05, 3.63) is 46.8 Å². The van der Waals surface area contributed by atoms with Crippen molar-refractivity contribution in [3.63, 3.8) is 0 Å². The Morgan fingerprint density at radius 1 is 1.28 bits per heavy atom. The Labute approximate surface area is 145 Å². The number of fused-ring (bicyclic) bond motifs is 3. The molecule has 25 heavy (non-hydrogen) atoms. The number of aromatic nitrogens is 2. The number of benzene rings is 1. The Bertz CT molecular complexity index is 982. The average molecular weight is 343 g/mol. The molecule has 5 nitrogen and oxygen atoms in total. The summed E-state index contributed by atoms with van der Waals surface area (Å²) in [5, 5.41) is 1.20. The van der Waals surface area contributed by atoms with Crippen molar-refractivity contribution in [1.29, 1.82) is 0 Å². The Morgan fingerprint density at radius 3 is 2.76 bits per heavy atom. The first-order valence-corrected chi connectivity index (χ1v) is 8.32. The summed E-state index contributed by atoms with van der Waals surface area (Å²) >= 11 is 0. The number of ether oxygens (including phenoxy) is 1. The predicted molar refractivity (Wildman–Crippen MR) is 97.4 cm³/mol. The molecule has 2 heterocycles. The maximum Gasteiger partial charge on any atom is 0.260 e. The summed E-state index contributed by atoms with van der Waals surface area (Å²) in [4.78, 5) is 16.3. The number of rotatable bonds is 5. The Balaban J connectivity index is 2.04. The molecule has 0 amide bonds. The van der Waals surface area contributed by atoms with Crippen LogP contribution >= 0.6 is 0 Å². The Kier molecular flexibility index (Phi) is 4.72. The molecule has 0 saturated heterocycles. The topological polar surface area (TPSA) is 70.1 Å². The van der Waals surface area contributed by atoms with E-state index in [1.54, 1.807) is 25.2 Å². The molecular weight excluding hydrogens is 321 g/mol. The highest BCUT2D eigenvalue weighted by atomic mass is 19.1. The zero-order valence-corrected chi connectivity index (χ0v) is 14.6. The van der Waals surface area contributed by atoms with E-state index in [2.05, 4.69) is 18.8 Å². The molecule has 3 rings (SSSR count). The molecule has 3 aromatic rings. The second-order valence-electron chi connectivity index (χ2n) is 6.79. The Hall–Kier alpha value is -2.47. The summed E-state index contributed by atoms with van der Waals surface area (Å²) < 4.78 is 21.5. The highest BCUT2D eigenvalue weighted by Gasteiger charge is 2.14. The quantitative estimate of drug-likeness (QED) is 0.723. The minimum Gasteiger partial charge on any atom is -0.492 e. The lowest BCUT2D eigenvalue weighted by atomic mass is 10.1. The van der Waals surface area contributed by atoms with Crippen molar-refractivity contribution >= 4 is 21.7 Å². The summed E-state index contributed by atoms with van der Waals surface area (Å²) in [5.74, 6) is 0.599. The van der Waals surface area contributed by atoms with Crippen molar-refractivity contribution in [2.75, 3.05) is 6.61 Å². The van der Waals surface area contributed by atoms with E-state index < -0.39 is 5.82 Å². The lowest BCUT2D eigenvalue weighted by Gasteiger charge is -2.16. The molecular formula is C19H22FN3O2. The third-order valence-electron chi connectivity index (χ3n) is 4.27. The number of nitrogens with two attached hydrogens (primary N) is 1. The van der Waals surface area contributed by atoms with Crippen LogP contribution in [0.1, 0.15) is 20.3 Å². The normalized spacial score (nSPS) is 12.9. The fourth-order valence-corrected chi connectivity index (χ4v) is 3.13. The number of hydrogen-bond acceptors (Lipinski definition) is 4. The van der Waals surface area contributed by atoms with E-state index >= 15 is 0 Å². The van der Waals surface area contributed by atoms with E-state index in [1.165, 1.54) is 10.8 Å². The van der Waals surface area contributed by atoms with Gasteiger partial charge in [-0.2, -0.15) is 0 Å². The molecule has 0 fully saturated rings. The van der Waals surface area contributed by atoms with Gasteiger partial charge >= 0.3 is 0 Å². The van der Waals surface area contributed by atoms with Gasteiger partial charge in [0.1, 0.15) is 18.2 Å². The van der Waals surface area contributed by atoms with Crippen molar-refractivity contribution in [2.45, 2.75) is 26.3 Å². The van der Waals surface area contributed by atoms with Crippen LogP contribution in [0.4, 0.5) is 4.39 Å². The van der Waals surface area contributed by atoms with Crippen LogP contribution in [0.2, 0.25) is 0 Å². The van der Waals surface area contributed by atoms with E-state index in [0.29, 0.717) is 29.2 Å². The molecule has 0 spiro atoms. The molecule has 1 unspecified atom stereocenters. The number of nitrogens with zero attached hydrogens (tertiary/aromatic N) is 2. The van der Waals surface area contributed by atoms with Crippen molar-refractivity contribution in [2.24, 2.45) is 18.7 Å². The first kappa shape index (κ1) is 17.4. The minimum atomic E-state index is -0.507. The van der Waals surface area contributed by atoms with Crippen molar-refractivity contribution in [1.82, 2.24) is 9.55 Å². The van der Waals surface area contributed by atoms with Crippen LogP contribution in [0.5, 0.6) is 5.75 Å². The summed E-state index contributed by atoms with van der Waals surface area (Å²) in [6.45, 7) is 4.61. The molecule has 0 radical (unpaired) electrons. The van der Waals surface area contributed by atoms with Gasteiger partial charge in [-0.25, -0.2) is 4.39 Å². The SMILES string of the molecule is CC(C)CC(N)COc1ccc2c3c(F)cncc3c(=O)n(C)c2c1. The van der Waals surface area contributed by atoms with Crippen LogP contribution in [0.25, 0.3) is 21.7 Å². The van der Waals surface area contributed by atoms with Gasteiger partial charge in [-0.05, 0) is 24.5 Å². The fourth-order valence-electron chi connectivity index (χ4n) is 3.13. The van der Waals surface area contributed by atoms with Crippen LogP contribution in [0.3, 0.4) is 0 Å². The van der Waals surface area contributed by atoms with Gasteiger partial charge in [0.2, 0.25) is 0 Å². The molecule has 0 aliphatic rings. The molecule has 1 aromatic carbocycles. The van der Waals surface area contributed by atoms with E-state index in [4.69, 9.17) is 10.5 Å². The number of hydrogen-bond donors (Lipinski definition) is 1. The van der Waals surface area contributed by atoms with Gasteiger partial charge < -0.3 is 15.0 Å². The fraction of sp³-hybridized carbons (Fsp3) is 0.368. The average Bonchev–Trinajstić information content (AvgIpc) is 2.57. The highest BCUT2D eigenvalue weighted by Crippen LogP contribution is 2.27. The molecule has 6 heteroatoms. The maximum absolute atomic E-state index is 14.2. The second-order valence-corrected chi connectivity index (χ2v) is 6.79. The first-order chi connectivity index (χ1) is 11.9. The summed E-state index contributed by atoms with van der Waals surface area (Å²) in [6.07, 6.45) is 3.39. The smallest absolute Gasteiger partial charge is 0.260 e. The number of pyridine rings is 2. The lowest BCUT2D eigenvalue weighted by Crippen LogP contribution is -2.29. The molecule has 1 atom stereocenters. The Morgan fingerprint density at radius 2 is 2.04 bits per heavy atom. The van der Waals surface area contributed by atoms with Gasteiger partial charge in [0.15, 0.2) is 0 Å². The summed E-state index contributed by atoms with van der Waals surface area (Å²) in [5.41, 5.74) is 6.37. The van der Waals surface area contributed by atoms with Crippen LogP contribution in [0, 0.1) is 11.7 Å². The molecule has 2 N–H and O–H groups in total. The predicted octanol–water partition coefficient (Wildman–Crippen LogP) is 2.98. The van der Waals surface area contributed by atoms with Gasteiger partial charge in [0.05, 0.1) is 17.1 Å². The van der Waals surface area contributed by atoms with Gasteiger partial charge in [-0.1, -0.05) is 13.8 Å². The molecule has 2 aromatic heterocycles. The third-order valence-corrected chi connectivity index (χ3v) is 4.27. The zero-order chi connectivity index (χ0) is 18.1. The summed E-state index contributed by atoms with van der Waals surface area (Å²) in [7, 11) is 1.66. The van der Waals surface area contributed by atoms with E-state index in [-0.39, 0.29) is 22.4 Å². The standard InChI is InChI=1S/C19H22FN3O2/c1-11(2)6-12(21)10-25-13-4-5-14-17(7-13)23(3)19(24)15-8-22-9-16(20)18(14)15/h4-5,7-9,11-12H,6,10,21H2,1-3H3. The van der Waals surface area contributed by atoms with Crippen LogP contribution in [-0.4, -0.2) is 22.2 Å². The number of halogens is 1. The van der Waals surface area contributed by atoms with E-state index in [1.807, 2.05) is 0 Å². The second kappa shape index (κ2) is 6.80. The third kappa shape index (κ3) is 3.35. The molecule has 0 aliphatic carbocycles. The molecule has 132 valence electrons. The molecule has 0 saturated carbocycles. The highest BCUT2D eigenvalue weighted by molar-refractivity contribution is 6.05. The molecule has 0 bridgehead atoms. The monoisotopic (exact) mass is 343 g/mol. The van der Waals surface area contributed by atoms with Crippen molar-refractivity contribution < 1.29 is 9.13 Å². The minimum absolute atomic E-state index is 0.0559. The largest absolute Gasteiger partial charge is 0.492 e. The van der Waals surface area contributed by atoms with Gasteiger partial charge in [0, 0.05) is 36.1 Å². The van der Waals surface area contributed by atoms with Gasteiger partial charge in [-0.3, -0.25) is 9.78 Å². The van der Waals surface area contributed by atoms with E-state index in [9.17, 15) is 9.18 Å². The molecule has 0 aliphatic heterocycles. The van der Waals surface area contributed by atoms with E-state index in [0.717, 1.165) is 12.6 Å². The first-order valence-electron chi connectivity index (χ1n) is 8.32. The maximum atomic E-state index is 14.2. The zero-order valence-electron chi connectivity index (χ0n) is 14.6. The van der Waals surface area contributed by atoms with Crippen LogP contribution in [-0.2, 0) is 7.05 Å². The van der Waals surface area contributed by atoms with Crippen LogP contribution in [0.15, 0.2) is 35.4 Å². The van der Waals surface area contributed by atoms with Gasteiger partial charge in [-0.15, -0.1) is 0 Å². The number of aryl methyl sites for hydroxylation is 1. The van der Waals surface area contributed by atoms with Crippen LogP contribution < -0.4 is 16.0 Å². The lowest BCUT2D eigenvalue weighted by molar-refractivity contribution is 0.271. The van der Waals surface area contributed by atoms with Gasteiger partial charge in [0.25, 0.3) is 5.56 Å². The summed E-state index contributed by atoms with van der Waals surface area (Å²) in [6, 6.07) is 5.23. The van der Waals surface area contributed by atoms with Crippen molar-refractivity contribution in [3.8, 4) is 5.75 Å².